The summed E-state index contributed by atoms with van der Waals surface area (Å²) >= 11 is 1.60. The molecule has 0 aliphatic carbocycles. The van der Waals surface area contributed by atoms with Crippen LogP contribution in [0.2, 0.25) is 0 Å². The Kier molecular flexibility index (Phi) is 5.79. The lowest BCUT2D eigenvalue weighted by Gasteiger charge is -2.06. The molecule has 0 fully saturated rings. The molecule has 3 N–H and O–H groups in total. The van der Waals surface area contributed by atoms with Gasteiger partial charge in [0.15, 0.2) is 5.13 Å². The molecule has 0 saturated carbocycles. The fraction of sp³-hybridized carbons (Fsp3) is 0.136. The van der Waals surface area contributed by atoms with E-state index in [0.717, 1.165) is 32.0 Å². The molecule has 29 heavy (non-hydrogen) atoms. The number of fused-ring (bicyclic) bond motifs is 1. The molecule has 7 heteroatoms. The predicted molar refractivity (Wildman–Crippen MR) is 116 cm³/mol. The summed E-state index contributed by atoms with van der Waals surface area (Å²) in [6.45, 7) is 0.736. The number of nitrogens with zero attached hydrogens (tertiary/aromatic N) is 2. The van der Waals surface area contributed by atoms with Crippen molar-refractivity contribution in [3.05, 3.63) is 78.1 Å². The molecule has 0 atom stereocenters. The maximum Gasteiger partial charge on any atom is 0.251 e. The molecule has 0 unspecified atom stereocenters. The average Bonchev–Trinajstić information content (AvgIpc) is 3.19. The number of aliphatic hydroxyl groups is 1. The molecule has 0 aliphatic rings. The number of benzene rings is 2. The number of pyridine rings is 1. The van der Waals surface area contributed by atoms with Crippen LogP contribution in [-0.4, -0.2) is 34.1 Å². The number of hydrogen-bond donors (Lipinski definition) is 3. The fourth-order valence-corrected chi connectivity index (χ4v) is 3.90. The summed E-state index contributed by atoms with van der Waals surface area (Å²) in [6, 6.07) is 17.6. The Morgan fingerprint density at radius 2 is 1.90 bits per heavy atom. The molecule has 2 aromatic carbocycles. The first-order chi connectivity index (χ1) is 14.2. The Morgan fingerprint density at radius 1 is 1.03 bits per heavy atom. The molecule has 0 saturated heterocycles. The summed E-state index contributed by atoms with van der Waals surface area (Å²) in [4.78, 5) is 20.8. The molecule has 6 nitrogen and oxygen atoms in total. The van der Waals surface area contributed by atoms with Gasteiger partial charge in [-0.1, -0.05) is 29.5 Å². The van der Waals surface area contributed by atoms with Crippen molar-refractivity contribution >= 4 is 32.6 Å². The molecule has 4 aromatic rings. The topological polar surface area (TPSA) is 87.1 Å². The summed E-state index contributed by atoms with van der Waals surface area (Å²) in [7, 11) is 0. The van der Waals surface area contributed by atoms with Crippen LogP contribution in [0.4, 0.5) is 5.13 Å². The average molecular weight is 404 g/mol. The number of hydrogen-bond acceptors (Lipinski definition) is 6. The molecule has 146 valence electrons. The molecule has 0 aliphatic heterocycles. The number of carbonyl (C=O) groups is 1. The first-order valence-electron chi connectivity index (χ1n) is 9.26. The largest absolute Gasteiger partial charge is 0.395 e. The number of thiazole rings is 1. The summed E-state index contributed by atoms with van der Waals surface area (Å²) in [5, 5.41) is 15.7. The van der Waals surface area contributed by atoms with Crippen molar-refractivity contribution in [1.29, 1.82) is 0 Å². The second kappa shape index (κ2) is 8.81. The first kappa shape index (κ1) is 19.0. The number of rotatable bonds is 7. The van der Waals surface area contributed by atoms with Gasteiger partial charge in [-0.15, -0.1) is 0 Å². The fourth-order valence-electron chi connectivity index (χ4n) is 3.00. The van der Waals surface area contributed by atoms with Gasteiger partial charge in [0.1, 0.15) is 0 Å². The Morgan fingerprint density at radius 3 is 2.72 bits per heavy atom. The SMILES string of the molecule is O=C(NCCO)c1cccc(CNc2nc3ccc(-c4ccncc4)cc3s2)c1. The minimum Gasteiger partial charge on any atom is -0.395 e. The lowest BCUT2D eigenvalue weighted by molar-refractivity contribution is 0.0944. The van der Waals surface area contributed by atoms with Gasteiger partial charge < -0.3 is 15.7 Å². The third-order valence-electron chi connectivity index (χ3n) is 4.43. The van der Waals surface area contributed by atoms with E-state index in [1.165, 1.54) is 0 Å². The van der Waals surface area contributed by atoms with Gasteiger partial charge in [-0.3, -0.25) is 9.78 Å². The van der Waals surface area contributed by atoms with Crippen LogP contribution >= 0.6 is 11.3 Å². The third kappa shape index (κ3) is 4.59. The third-order valence-corrected chi connectivity index (χ3v) is 5.41. The molecule has 0 bridgehead atoms. The smallest absolute Gasteiger partial charge is 0.251 e. The van der Waals surface area contributed by atoms with E-state index in [-0.39, 0.29) is 19.1 Å². The van der Waals surface area contributed by atoms with Gasteiger partial charge >= 0.3 is 0 Å². The zero-order valence-electron chi connectivity index (χ0n) is 15.6. The van der Waals surface area contributed by atoms with Gasteiger partial charge in [0.25, 0.3) is 5.91 Å². The zero-order valence-corrected chi connectivity index (χ0v) is 16.4. The quantitative estimate of drug-likeness (QED) is 0.437. The number of aromatic nitrogens is 2. The number of aliphatic hydroxyl groups excluding tert-OH is 1. The van der Waals surface area contributed by atoms with Crippen molar-refractivity contribution in [3.8, 4) is 11.1 Å². The summed E-state index contributed by atoms with van der Waals surface area (Å²) in [6.07, 6.45) is 3.58. The van der Waals surface area contributed by atoms with Gasteiger partial charge in [0, 0.05) is 31.0 Å². The summed E-state index contributed by atoms with van der Waals surface area (Å²) < 4.78 is 1.11. The normalized spacial score (nSPS) is 10.8. The highest BCUT2D eigenvalue weighted by molar-refractivity contribution is 7.22. The lowest BCUT2D eigenvalue weighted by atomic mass is 10.1. The number of amides is 1. The van der Waals surface area contributed by atoms with Crippen molar-refractivity contribution in [2.24, 2.45) is 0 Å². The van der Waals surface area contributed by atoms with E-state index in [0.29, 0.717) is 12.1 Å². The second-order valence-electron chi connectivity index (χ2n) is 6.47. The van der Waals surface area contributed by atoms with E-state index < -0.39 is 0 Å². The highest BCUT2D eigenvalue weighted by Crippen LogP contribution is 2.30. The zero-order chi connectivity index (χ0) is 20.1. The maximum absolute atomic E-state index is 12.0. The van der Waals surface area contributed by atoms with Crippen molar-refractivity contribution in [2.75, 3.05) is 18.5 Å². The molecule has 0 radical (unpaired) electrons. The molecule has 1 amide bonds. The number of nitrogens with one attached hydrogen (secondary N) is 2. The predicted octanol–water partition coefficient (Wildman–Crippen LogP) is 3.69. The van der Waals surface area contributed by atoms with Crippen LogP contribution in [0.25, 0.3) is 21.3 Å². The van der Waals surface area contributed by atoms with Crippen molar-refractivity contribution in [3.63, 3.8) is 0 Å². The summed E-state index contributed by atoms with van der Waals surface area (Å²) in [5.74, 6) is -0.190. The minimum atomic E-state index is -0.190. The van der Waals surface area contributed by atoms with E-state index in [4.69, 9.17) is 5.11 Å². The van der Waals surface area contributed by atoms with Gasteiger partial charge in [0.2, 0.25) is 0 Å². The van der Waals surface area contributed by atoms with E-state index in [1.807, 2.05) is 36.4 Å². The molecule has 2 heterocycles. The van der Waals surface area contributed by atoms with Gasteiger partial charge in [-0.05, 0) is 53.1 Å². The standard InChI is InChI=1S/C22H20N4O2S/c27-11-10-24-21(28)18-3-1-2-15(12-18)14-25-22-26-19-5-4-17(13-20(19)29-22)16-6-8-23-9-7-16/h1-9,12-13,27H,10-11,14H2,(H,24,28)(H,25,26). The van der Waals surface area contributed by atoms with E-state index in [1.54, 1.807) is 29.8 Å². The minimum absolute atomic E-state index is 0.0759. The lowest BCUT2D eigenvalue weighted by Crippen LogP contribution is -2.26. The van der Waals surface area contributed by atoms with Gasteiger partial charge in [0.05, 0.1) is 16.8 Å². The van der Waals surface area contributed by atoms with Gasteiger partial charge in [-0.25, -0.2) is 4.98 Å². The van der Waals surface area contributed by atoms with Crippen LogP contribution < -0.4 is 10.6 Å². The van der Waals surface area contributed by atoms with Crippen molar-refractivity contribution in [1.82, 2.24) is 15.3 Å². The Labute approximate surface area is 172 Å². The van der Waals surface area contributed by atoms with Crippen LogP contribution in [0.3, 0.4) is 0 Å². The van der Waals surface area contributed by atoms with Crippen LogP contribution in [0.5, 0.6) is 0 Å². The van der Waals surface area contributed by atoms with Crippen LogP contribution in [0, 0.1) is 0 Å². The molecular formula is C22H20N4O2S. The van der Waals surface area contributed by atoms with Gasteiger partial charge in [-0.2, -0.15) is 0 Å². The maximum atomic E-state index is 12.0. The summed E-state index contributed by atoms with van der Waals surface area (Å²) in [5.41, 5.74) is 4.77. The highest BCUT2D eigenvalue weighted by Gasteiger charge is 2.08. The van der Waals surface area contributed by atoms with E-state index in [9.17, 15) is 4.79 Å². The number of anilines is 1. The van der Waals surface area contributed by atoms with E-state index >= 15 is 0 Å². The Balaban J connectivity index is 1.47. The Hall–Kier alpha value is -3.29. The van der Waals surface area contributed by atoms with E-state index in [2.05, 4.69) is 32.7 Å². The monoisotopic (exact) mass is 404 g/mol. The Bertz CT molecular complexity index is 1130. The molecular weight excluding hydrogens is 384 g/mol. The van der Waals surface area contributed by atoms with Crippen molar-refractivity contribution < 1.29 is 9.90 Å². The highest BCUT2D eigenvalue weighted by atomic mass is 32.1. The van der Waals surface area contributed by atoms with Crippen LogP contribution in [0.15, 0.2) is 67.0 Å². The first-order valence-corrected chi connectivity index (χ1v) is 10.1. The molecule has 0 spiro atoms. The molecule has 4 rings (SSSR count). The second-order valence-corrected chi connectivity index (χ2v) is 7.50. The van der Waals surface area contributed by atoms with Crippen LogP contribution in [-0.2, 0) is 6.54 Å². The van der Waals surface area contributed by atoms with Crippen molar-refractivity contribution in [2.45, 2.75) is 6.54 Å². The number of carbonyl (C=O) groups excluding carboxylic acids is 1. The molecule has 2 aromatic heterocycles. The van der Waals surface area contributed by atoms with Crippen LogP contribution in [0.1, 0.15) is 15.9 Å².